The molecule has 0 aliphatic carbocycles. The molecule has 1 fully saturated rings. The van der Waals surface area contributed by atoms with Crippen LogP contribution in [-0.4, -0.2) is 32.8 Å². The number of hydrogen-bond acceptors (Lipinski definition) is 5. The molecule has 0 saturated carbocycles. The Balaban J connectivity index is 1.85. The Hall–Kier alpha value is -1.69. The molecule has 6 heteroatoms. The van der Waals surface area contributed by atoms with Crippen molar-refractivity contribution in [2.75, 3.05) is 13.1 Å². The highest BCUT2D eigenvalue weighted by molar-refractivity contribution is 5.47. The van der Waals surface area contributed by atoms with Crippen molar-refractivity contribution < 1.29 is 4.52 Å². The first kappa shape index (κ1) is 10.5. The minimum Gasteiger partial charge on any atom is -0.339 e. The second-order valence-electron chi connectivity index (χ2n) is 4.39. The van der Waals surface area contributed by atoms with Gasteiger partial charge < -0.3 is 14.4 Å². The number of aryl methyl sites for hydroxylation is 1. The van der Waals surface area contributed by atoms with Crippen LogP contribution in [0.2, 0.25) is 0 Å². The maximum Gasteiger partial charge on any atom is 0.231 e. The molecule has 1 aliphatic heterocycles. The molecule has 2 aromatic rings. The van der Waals surface area contributed by atoms with Gasteiger partial charge in [-0.15, -0.1) is 0 Å². The molecule has 3 heterocycles. The molecule has 17 heavy (non-hydrogen) atoms. The van der Waals surface area contributed by atoms with Crippen molar-refractivity contribution in [1.29, 1.82) is 0 Å². The van der Waals surface area contributed by atoms with Crippen molar-refractivity contribution in [1.82, 2.24) is 25.0 Å². The van der Waals surface area contributed by atoms with Gasteiger partial charge in [-0.3, -0.25) is 0 Å². The van der Waals surface area contributed by atoms with E-state index in [4.69, 9.17) is 4.52 Å². The van der Waals surface area contributed by atoms with Gasteiger partial charge in [-0.1, -0.05) is 5.16 Å². The van der Waals surface area contributed by atoms with Crippen LogP contribution in [0.25, 0.3) is 11.5 Å². The highest BCUT2D eigenvalue weighted by Gasteiger charge is 2.22. The van der Waals surface area contributed by atoms with Gasteiger partial charge in [0.1, 0.15) is 5.69 Å². The van der Waals surface area contributed by atoms with E-state index in [0.717, 1.165) is 37.5 Å². The zero-order chi connectivity index (χ0) is 11.7. The third-order valence-electron chi connectivity index (χ3n) is 3.13. The van der Waals surface area contributed by atoms with Gasteiger partial charge in [0, 0.05) is 13.6 Å². The maximum atomic E-state index is 5.34. The molecule has 3 rings (SSSR count). The van der Waals surface area contributed by atoms with Crippen LogP contribution in [0, 0.1) is 0 Å². The molecule has 1 saturated heterocycles. The van der Waals surface area contributed by atoms with E-state index in [0.29, 0.717) is 11.7 Å². The molecule has 0 bridgehead atoms. The van der Waals surface area contributed by atoms with Crippen molar-refractivity contribution in [3.05, 3.63) is 18.4 Å². The van der Waals surface area contributed by atoms with E-state index >= 15 is 0 Å². The van der Waals surface area contributed by atoms with Gasteiger partial charge in [0.2, 0.25) is 11.7 Å². The second-order valence-corrected chi connectivity index (χ2v) is 4.39. The van der Waals surface area contributed by atoms with E-state index in [1.165, 1.54) is 0 Å². The lowest BCUT2D eigenvalue weighted by atomic mass is 10.00. The quantitative estimate of drug-likeness (QED) is 0.836. The summed E-state index contributed by atoms with van der Waals surface area (Å²) in [6.45, 7) is 2.01. The average Bonchev–Trinajstić information content (AvgIpc) is 2.98. The van der Waals surface area contributed by atoms with Gasteiger partial charge in [-0.2, -0.15) is 4.98 Å². The summed E-state index contributed by atoms with van der Waals surface area (Å²) in [7, 11) is 1.92. The summed E-state index contributed by atoms with van der Waals surface area (Å²) >= 11 is 0. The van der Waals surface area contributed by atoms with Crippen LogP contribution in [0.1, 0.15) is 24.7 Å². The summed E-state index contributed by atoms with van der Waals surface area (Å²) in [5.74, 6) is 1.69. The Morgan fingerprint density at radius 1 is 1.53 bits per heavy atom. The first-order valence-corrected chi connectivity index (χ1v) is 5.85. The van der Waals surface area contributed by atoms with E-state index in [9.17, 15) is 0 Å². The molecule has 1 N–H and O–H groups in total. The Morgan fingerprint density at radius 2 is 2.47 bits per heavy atom. The highest BCUT2D eigenvalue weighted by Crippen LogP contribution is 2.23. The fraction of sp³-hybridized carbons (Fsp3) is 0.545. The fourth-order valence-electron chi connectivity index (χ4n) is 2.14. The smallest absolute Gasteiger partial charge is 0.231 e. The Labute approximate surface area is 99.0 Å². The van der Waals surface area contributed by atoms with Gasteiger partial charge in [0.05, 0.1) is 18.4 Å². The van der Waals surface area contributed by atoms with Crippen LogP contribution in [0.4, 0.5) is 0 Å². The highest BCUT2D eigenvalue weighted by atomic mass is 16.5. The number of imidazole rings is 1. The van der Waals surface area contributed by atoms with Crippen molar-refractivity contribution in [3.63, 3.8) is 0 Å². The molecule has 1 atom stereocenters. The van der Waals surface area contributed by atoms with Crippen molar-refractivity contribution >= 4 is 0 Å². The monoisotopic (exact) mass is 233 g/mol. The zero-order valence-corrected chi connectivity index (χ0v) is 9.76. The molecule has 1 aliphatic rings. The van der Waals surface area contributed by atoms with Crippen LogP contribution < -0.4 is 5.32 Å². The van der Waals surface area contributed by atoms with Crippen LogP contribution in [-0.2, 0) is 7.05 Å². The Morgan fingerprint density at radius 3 is 3.18 bits per heavy atom. The summed E-state index contributed by atoms with van der Waals surface area (Å²) in [5, 5.41) is 7.36. The summed E-state index contributed by atoms with van der Waals surface area (Å²) in [6, 6.07) is 0. The average molecular weight is 233 g/mol. The number of nitrogens with zero attached hydrogens (tertiary/aromatic N) is 4. The zero-order valence-electron chi connectivity index (χ0n) is 9.76. The molecular formula is C11H15N5O. The SMILES string of the molecule is Cn1cncc1-c1noc(C2CCCNC2)n1. The van der Waals surface area contributed by atoms with Crippen LogP contribution in [0.15, 0.2) is 17.0 Å². The lowest BCUT2D eigenvalue weighted by molar-refractivity contribution is 0.322. The largest absolute Gasteiger partial charge is 0.339 e. The molecular weight excluding hydrogens is 218 g/mol. The number of aromatic nitrogens is 4. The summed E-state index contributed by atoms with van der Waals surface area (Å²) in [6.07, 6.45) is 5.75. The van der Waals surface area contributed by atoms with E-state index in [1.54, 1.807) is 12.5 Å². The number of piperidine rings is 1. The van der Waals surface area contributed by atoms with E-state index in [2.05, 4.69) is 20.4 Å². The third-order valence-corrected chi connectivity index (χ3v) is 3.13. The van der Waals surface area contributed by atoms with Crippen LogP contribution >= 0.6 is 0 Å². The van der Waals surface area contributed by atoms with Crippen molar-refractivity contribution in [3.8, 4) is 11.5 Å². The molecule has 90 valence electrons. The minimum absolute atomic E-state index is 0.346. The first-order valence-electron chi connectivity index (χ1n) is 5.85. The summed E-state index contributed by atoms with van der Waals surface area (Å²) in [4.78, 5) is 8.51. The predicted molar refractivity (Wildman–Crippen MR) is 61.3 cm³/mol. The van der Waals surface area contributed by atoms with Crippen molar-refractivity contribution in [2.24, 2.45) is 7.05 Å². The number of rotatable bonds is 2. The minimum atomic E-state index is 0.346. The molecule has 2 aromatic heterocycles. The standard InChI is InChI=1S/C11H15N5O/c1-16-7-13-6-9(16)10-14-11(17-15-10)8-3-2-4-12-5-8/h6-8,12H,2-5H2,1H3. The molecule has 0 aromatic carbocycles. The normalized spacial score (nSPS) is 20.6. The van der Waals surface area contributed by atoms with Gasteiger partial charge in [0.25, 0.3) is 0 Å². The Kier molecular flexibility index (Phi) is 2.64. The molecule has 0 spiro atoms. The first-order chi connectivity index (χ1) is 8.34. The summed E-state index contributed by atoms with van der Waals surface area (Å²) in [5.41, 5.74) is 0.878. The maximum absolute atomic E-state index is 5.34. The number of nitrogens with one attached hydrogen (secondary N) is 1. The molecule has 0 radical (unpaired) electrons. The van der Waals surface area contributed by atoms with E-state index in [-0.39, 0.29) is 0 Å². The Bertz CT molecular complexity index is 497. The predicted octanol–water partition coefficient (Wildman–Crippen LogP) is 0.937. The lowest BCUT2D eigenvalue weighted by Gasteiger charge is -2.18. The van der Waals surface area contributed by atoms with Crippen LogP contribution in [0.3, 0.4) is 0 Å². The third kappa shape index (κ3) is 1.95. The van der Waals surface area contributed by atoms with Gasteiger partial charge in [-0.05, 0) is 19.4 Å². The van der Waals surface area contributed by atoms with E-state index in [1.807, 2.05) is 11.6 Å². The molecule has 0 amide bonds. The molecule has 1 unspecified atom stereocenters. The summed E-state index contributed by atoms with van der Waals surface area (Å²) < 4.78 is 7.22. The number of hydrogen-bond donors (Lipinski definition) is 1. The van der Waals surface area contributed by atoms with E-state index < -0.39 is 0 Å². The van der Waals surface area contributed by atoms with Crippen molar-refractivity contribution in [2.45, 2.75) is 18.8 Å². The van der Waals surface area contributed by atoms with Crippen LogP contribution in [0.5, 0.6) is 0 Å². The van der Waals surface area contributed by atoms with Gasteiger partial charge in [-0.25, -0.2) is 4.98 Å². The fourth-order valence-corrected chi connectivity index (χ4v) is 2.14. The topological polar surface area (TPSA) is 68.8 Å². The van der Waals surface area contributed by atoms with Gasteiger partial charge >= 0.3 is 0 Å². The molecule has 6 nitrogen and oxygen atoms in total. The second kappa shape index (κ2) is 4.29. The van der Waals surface area contributed by atoms with Gasteiger partial charge in [0.15, 0.2) is 0 Å². The lowest BCUT2D eigenvalue weighted by Crippen LogP contribution is -2.28.